The molecular weight excluding hydrogens is 368 g/mol. The molecule has 1 aromatic rings. The minimum absolute atomic E-state index is 0.0419. The highest BCUT2D eigenvalue weighted by atomic mass is 16.6. The Labute approximate surface area is 168 Å². The third-order valence-corrected chi connectivity index (χ3v) is 5.74. The molecule has 0 aromatic heterocycles. The largest absolute Gasteiger partial charge is 0.399 e. The van der Waals surface area contributed by atoms with E-state index in [4.69, 9.17) is 5.73 Å². The summed E-state index contributed by atoms with van der Waals surface area (Å²) in [5.74, 6) is -0.931. The van der Waals surface area contributed by atoms with Crippen molar-refractivity contribution >= 4 is 5.69 Å². The Bertz CT molecular complexity index is 1010. The topological polar surface area (TPSA) is 144 Å². The van der Waals surface area contributed by atoms with Crippen molar-refractivity contribution < 1.29 is 4.92 Å². The normalized spacial score (nSPS) is 23.2. The zero-order chi connectivity index (χ0) is 21.2. The molecule has 1 heterocycles. The molecule has 8 heteroatoms. The summed E-state index contributed by atoms with van der Waals surface area (Å²) < 4.78 is 0. The maximum Gasteiger partial charge on any atom is 0.269 e. The van der Waals surface area contributed by atoms with Gasteiger partial charge in [-0.2, -0.15) is 15.8 Å². The van der Waals surface area contributed by atoms with E-state index in [1.165, 1.54) is 12.1 Å². The molecule has 0 radical (unpaired) electrons. The lowest BCUT2D eigenvalue weighted by Gasteiger charge is -2.45. The van der Waals surface area contributed by atoms with Crippen LogP contribution in [0.1, 0.15) is 24.8 Å². The van der Waals surface area contributed by atoms with Gasteiger partial charge in [0.2, 0.25) is 0 Å². The highest BCUT2D eigenvalue weighted by Gasteiger charge is 2.54. The van der Waals surface area contributed by atoms with Gasteiger partial charge in [-0.05, 0) is 24.1 Å². The van der Waals surface area contributed by atoms with Gasteiger partial charge in [0, 0.05) is 37.1 Å². The predicted octanol–water partition coefficient (Wildman–Crippen LogP) is 2.73. The first-order valence-corrected chi connectivity index (χ1v) is 9.33. The number of nitro groups is 1. The molecule has 1 aliphatic heterocycles. The highest BCUT2D eigenvalue weighted by molar-refractivity contribution is 5.59. The molecule has 0 fully saturated rings. The van der Waals surface area contributed by atoms with Crippen LogP contribution in [0.3, 0.4) is 0 Å². The Balaban J connectivity index is 2.23. The smallest absolute Gasteiger partial charge is 0.269 e. The molecule has 8 nitrogen and oxygen atoms in total. The summed E-state index contributed by atoms with van der Waals surface area (Å²) in [5.41, 5.74) is 5.98. The molecular formula is C21H20N6O2. The van der Waals surface area contributed by atoms with Crippen molar-refractivity contribution in [2.75, 3.05) is 19.6 Å². The standard InChI is InChI=1S/C21H20N6O2/c1-2-8-26-9-7-16-17(10-22)20(25)21(12-23,13-24)19(18(16)11-26)14-3-5-15(6-4-14)27(28)29/h3-7,18-19H,2,8-9,11,25H2,1H3. The van der Waals surface area contributed by atoms with Gasteiger partial charge in [-0.3, -0.25) is 15.0 Å². The van der Waals surface area contributed by atoms with Gasteiger partial charge in [-0.1, -0.05) is 25.1 Å². The molecule has 2 atom stereocenters. The van der Waals surface area contributed by atoms with E-state index < -0.39 is 16.3 Å². The SMILES string of the molecule is CCCN1CC=C2C(C#N)=C(N)C(C#N)(C#N)C(c3ccc([N+](=O)[O-])cc3)C2C1. The highest BCUT2D eigenvalue weighted by Crippen LogP contribution is 2.54. The number of nitrogens with zero attached hydrogens (tertiary/aromatic N) is 5. The summed E-state index contributed by atoms with van der Waals surface area (Å²) >= 11 is 0. The van der Waals surface area contributed by atoms with Crippen LogP contribution in [0.15, 0.2) is 47.2 Å². The van der Waals surface area contributed by atoms with Crippen LogP contribution in [0.2, 0.25) is 0 Å². The van der Waals surface area contributed by atoms with Crippen LogP contribution in [0.4, 0.5) is 5.69 Å². The summed E-state index contributed by atoms with van der Waals surface area (Å²) in [6.45, 7) is 4.16. The van der Waals surface area contributed by atoms with Crippen LogP contribution in [0, 0.1) is 55.4 Å². The molecule has 1 aliphatic carbocycles. The fourth-order valence-electron chi connectivity index (χ4n) is 4.42. The molecule has 1 aromatic carbocycles. The number of nitriles is 3. The number of rotatable bonds is 4. The maximum absolute atomic E-state index is 11.0. The minimum Gasteiger partial charge on any atom is -0.399 e. The van der Waals surface area contributed by atoms with Crippen molar-refractivity contribution in [3.05, 3.63) is 62.9 Å². The van der Waals surface area contributed by atoms with Crippen molar-refractivity contribution in [2.45, 2.75) is 19.3 Å². The van der Waals surface area contributed by atoms with Gasteiger partial charge in [0.1, 0.15) is 6.07 Å². The lowest BCUT2D eigenvalue weighted by atomic mass is 9.58. The monoisotopic (exact) mass is 388 g/mol. The molecule has 3 rings (SSSR count). The van der Waals surface area contributed by atoms with Crippen LogP contribution in [-0.4, -0.2) is 29.5 Å². The van der Waals surface area contributed by atoms with Crippen LogP contribution in [0.5, 0.6) is 0 Å². The van der Waals surface area contributed by atoms with E-state index in [9.17, 15) is 25.9 Å². The van der Waals surface area contributed by atoms with Crippen molar-refractivity contribution in [3.8, 4) is 18.2 Å². The van der Waals surface area contributed by atoms with E-state index in [0.29, 0.717) is 18.7 Å². The summed E-state index contributed by atoms with van der Waals surface area (Å²) in [6.07, 6.45) is 2.90. The van der Waals surface area contributed by atoms with E-state index >= 15 is 0 Å². The lowest BCUT2D eigenvalue weighted by molar-refractivity contribution is -0.384. The third-order valence-electron chi connectivity index (χ3n) is 5.74. The zero-order valence-electron chi connectivity index (χ0n) is 16.0. The molecule has 0 amide bonds. The Kier molecular flexibility index (Phi) is 5.37. The summed E-state index contributed by atoms with van der Waals surface area (Å²) in [4.78, 5) is 12.7. The van der Waals surface area contributed by atoms with Crippen molar-refractivity contribution in [1.82, 2.24) is 4.90 Å². The number of benzene rings is 1. The van der Waals surface area contributed by atoms with E-state index in [0.717, 1.165) is 18.5 Å². The Morgan fingerprint density at radius 2 is 1.93 bits per heavy atom. The summed E-state index contributed by atoms with van der Waals surface area (Å²) in [7, 11) is 0. The molecule has 2 aliphatic rings. The molecule has 0 spiro atoms. The van der Waals surface area contributed by atoms with Crippen LogP contribution < -0.4 is 5.73 Å². The number of hydrogen-bond acceptors (Lipinski definition) is 7. The Hall–Kier alpha value is -3.67. The minimum atomic E-state index is -1.72. The third kappa shape index (κ3) is 3.12. The van der Waals surface area contributed by atoms with Gasteiger partial charge in [0.15, 0.2) is 5.41 Å². The van der Waals surface area contributed by atoms with E-state index in [1.807, 2.05) is 6.08 Å². The van der Waals surface area contributed by atoms with Crippen molar-refractivity contribution in [2.24, 2.45) is 17.1 Å². The van der Waals surface area contributed by atoms with Gasteiger partial charge in [0.05, 0.1) is 28.3 Å². The lowest BCUT2D eigenvalue weighted by Crippen LogP contribution is -2.48. The number of hydrogen-bond donors (Lipinski definition) is 1. The van der Waals surface area contributed by atoms with E-state index in [-0.39, 0.29) is 22.9 Å². The molecule has 146 valence electrons. The van der Waals surface area contributed by atoms with Crippen molar-refractivity contribution in [1.29, 1.82) is 15.8 Å². The number of non-ortho nitro benzene ring substituents is 1. The van der Waals surface area contributed by atoms with Gasteiger partial charge in [0.25, 0.3) is 5.69 Å². The van der Waals surface area contributed by atoms with Crippen LogP contribution >= 0.6 is 0 Å². The predicted molar refractivity (Wildman–Crippen MR) is 105 cm³/mol. The Morgan fingerprint density at radius 1 is 1.28 bits per heavy atom. The Morgan fingerprint density at radius 3 is 2.45 bits per heavy atom. The first-order valence-electron chi connectivity index (χ1n) is 9.33. The zero-order valence-corrected chi connectivity index (χ0v) is 16.0. The second kappa shape index (κ2) is 7.75. The fraction of sp³-hybridized carbons (Fsp3) is 0.381. The van der Waals surface area contributed by atoms with Gasteiger partial charge >= 0.3 is 0 Å². The quantitative estimate of drug-likeness (QED) is 0.616. The first kappa shape index (κ1) is 20.1. The van der Waals surface area contributed by atoms with E-state index in [2.05, 4.69) is 30.0 Å². The second-order valence-electron chi connectivity index (χ2n) is 7.28. The van der Waals surface area contributed by atoms with Gasteiger partial charge in [-0.25, -0.2) is 0 Å². The number of fused-ring (bicyclic) bond motifs is 1. The van der Waals surface area contributed by atoms with Crippen LogP contribution in [-0.2, 0) is 0 Å². The molecule has 0 bridgehead atoms. The number of allylic oxidation sites excluding steroid dienone is 2. The van der Waals surface area contributed by atoms with Gasteiger partial charge in [-0.15, -0.1) is 0 Å². The summed E-state index contributed by atoms with van der Waals surface area (Å²) in [5, 5.41) is 40.8. The fourth-order valence-corrected chi connectivity index (χ4v) is 4.42. The molecule has 2 unspecified atom stereocenters. The molecule has 0 saturated heterocycles. The van der Waals surface area contributed by atoms with Gasteiger partial charge < -0.3 is 5.73 Å². The van der Waals surface area contributed by atoms with Crippen molar-refractivity contribution in [3.63, 3.8) is 0 Å². The number of nitrogens with two attached hydrogens (primary N) is 1. The average Bonchev–Trinajstić information content (AvgIpc) is 2.73. The first-order chi connectivity index (χ1) is 13.9. The number of nitro benzene ring substituents is 1. The molecule has 2 N–H and O–H groups in total. The van der Waals surface area contributed by atoms with Crippen LogP contribution in [0.25, 0.3) is 0 Å². The summed E-state index contributed by atoms with van der Waals surface area (Å²) in [6, 6.07) is 12.1. The molecule has 29 heavy (non-hydrogen) atoms. The second-order valence-corrected chi connectivity index (χ2v) is 7.28. The maximum atomic E-state index is 11.0. The molecule has 0 saturated carbocycles. The average molecular weight is 388 g/mol. The van der Waals surface area contributed by atoms with E-state index in [1.54, 1.807) is 12.1 Å².